The SMILES string of the molecule is Cn1c(CCC(=O)NCC2Cc3ccccc3O2)nc2ccccc21. The zero-order chi connectivity index (χ0) is 17.2. The molecular formula is C20H21N3O2. The minimum atomic E-state index is 0.0251. The number of nitrogens with zero attached hydrogens (tertiary/aromatic N) is 2. The smallest absolute Gasteiger partial charge is 0.220 e. The molecule has 0 saturated carbocycles. The van der Waals surface area contributed by atoms with Crippen molar-refractivity contribution in [1.82, 2.24) is 14.9 Å². The molecule has 5 nitrogen and oxygen atoms in total. The summed E-state index contributed by atoms with van der Waals surface area (Å²) in [6, 6.07) is 16.0. The summed E-state index contributed by atoms with van der Waals surface area (Å²) in [6.45, 7) is 0.538. The number of imidazole rings is 1. The van der Waals surface area contributed by atoms with E-state index in [-0.39, 0.29) is 12.0 Å². The van der Waals surface area contributed by atoms with Crippen LogP contribution in [-0.2, 0) is 24.7 Å². The number of para-hydroxylation sites is 3. The molecule has 1 amide bonds. The van der Waals surface area contributed by atoms with Gasteiger partial charge in [-0.25, -0.2) is 4.98 Å². The third-order valence-corrected chi connectivity index (χ3v) is 4.70. The van der Waals surface area contributed by atoms with E-state index >= 15 is 0 Å². The van der Waals surface area contributed by atoms with Crippen molar-refractivity contribution in [2.24, 2.45) is 7.05 Å². The quantitative estimate of drug-likeness (QED) is 0.780. The summed E-state index contributed by atoms with van der Waals surface area (Å²) in [7, 11) is 1.99. The van der Waals surface area contributed by atoms with Crippen molar-refractivity contribution >= 4 is 16.9 Å². The summed E-state index contributed by atoms with van der Waals surface area (Å²) in [4.78, 5) is 16.8. The summed E-state index contributed by atoms with van der Waals surface area (Å²) in [6.07, 6.45) is 1.93. The van der Waals surface area contributed by atoms with Gasteiger partial charge in [-0.15, -0.1) is 0 Å². The van der Waals surface area contributed by atoms with Crippen LogP contribution < -0.4 is 10.1 Å². The molecule has 0 saturated heterocycles. The van der Waals surface area contributed by atoms with Gasteiger partial charge < -0.3 is 14.6 Å². The highest BCUT2D eigenvalue weighted by molar-refractivity contribution is 5.77. The lowest BCUT2D eigenvalue weighted by molar-refractivity contribution is -0.121. The first kappa shape index (κ1) is 15.7. The molecule has 128 valence electrons. The van der Waals surface area contributed by atoms with Crippen LogP contribution in [0.4, 0.5) is 0 Å². The predicted molar refractivity (Wildman–Crippen MR) is 96.6 cm³/mol. The fourth-order valence-corrected chi connectivity index (χ4v) is 3.33. The Balaban J connectivity index is 1.29. The molecule has 1 aliphatic heterocycles. The molecule has 1 aliphatic rings. The van der Waals surface area contributed by atoms with E-state index in [4.69, 9.17) is 4.74 Å². The number of hydrogen-bond acceptors (Lipinski definition) is 3. The normalized spacial score (nSPS) is 15.8. The predicted octanol–water partition coefficient (Wildman–Crippen LogP) is 2.63. The molecule has 0 aliphatic carbocycles. The Hall–Kier alpha value is -2.82. The molecule has 1 aromatic heterocycles. The monoisotopic (exact) mass is 335 g/mol. The summed E-state index contributed by atoms with van der Waals surface area (Å²) >= 11 is 0. The van der Waals surface area contributed by atoms with Gasteiger partial charge in [0.05, 0.1) is 17.6 Å². The number of rotatable bonds is 5. The fraction of sp³-hybridized carbons (Fsp3) is 0.300. The maximum atomic E-state index is 12.2. The van der Waals surface area contributed by atoms with Crippen molar-refractivity contribution in [3.05, 3.63) is 59.9 Å². The van der Waals surface area contributed by atoms with E-state index in [9.17, 15) is 4.79 Å². The number of benzene rings is 2. The molecule has 0 fully saturated rings. The van der Waals surface area contributed by atoms with Gasteiger partial charge in [-0.05, 0) is 23.8 Å². The number of hydrogen-bond donors (Lipinski definition) is 1. The Morgan fingerprint density at radius 2 is 2.04 bits per heavy atom. The summed E-state index contributed by atoms with van der Waals surface area (Å²) in [5.74, 6) is 1.90. The van der Waals surface area contributed by atoms with Crippen LogP contribution in [0, 0.1) is 0 Å². The number of carbonyl (C=O) groups excluding carboxylic acids is 1. The molecular weight excluding hydrogens is 314 g/mol. The summed E-state index contributed by atoms with van der Waals surface area (Å²) in [5.41, 5.74) is 3.27. The molecule has 1 atom stereocenters. The van der Waals surface area contributed by atoms with Crippen LogP contribution >= 0.6 is 0 Å². The van der Waals surface area contributed by atoms with Crippen LogP contribution in [0.25, 0.3) is 11.0 Å². The minimum absolute atomic E-state index is 0.0251. The molecule has 1 unspecified atom stereocenters. The lowest BCUT2D eigenvalue weighted by atomic mass is 10.1. The van der Waals surface area contributed by atoms with E-state index in [0.29, 0.717) is 19.4 Å². The second-order valence-electron chi connectivity index (χ2n) is 6.43. The van der Waals surface area contributed by atoms with Crippen LogP contribution in [0.5, 0.6) is 5.75 Å². The number of fused-ring (bicyclic) bond motifs is 2. The van der Waals surface area contributed by atoms with Gasteiger partial charge in [-0.1, -0.05) is 30.3 Å². The molecule has 4 rings (SSSR count). The standard InChI is InChI=1S/C20H21N3O2/c1-23-17-8-4-3-7-16(17)22-19(23)10-11-20(24)21-13-15-12-14-6-2-5-9-18(14)25-15/h2-9,15H,10-13H2,1H3,(H,21,24). The van der Waals surface area contributed by atoms with E-state index in [2.05, 4.69) is 20.9 Å². The Labute approximate surface area is 146 Å². The van der Waals surface area contributed by atoms with Gasteiger partial charge in [0.2, 0.25) is 5.91 Å². The fourth-order valence-electron chi connectivity index (χ4n) is 3.33. The highest BCUT2D eigenvalue weighted by atomic mass is 16.5. The molecule has 2 aromatic carbocycles. The van der Waals surface area contributed by atoms with Crippen LogP contribution in [0.2, 0.25) is 0 Å². The highest BCUT2D eigenvalue weighted by Crippen LogP contribution is 2.27. The van der Waals surface area contributed by atoms with Crippen molar-refractivity contribution in [3.8, 4) is 5.75 Å². The number of aromatic nitrogens is 2. The van der Waals surface area contributed by atoms with Gasteiger partial charge in [-0.3, -0.25) is 4.79 Å². The first-order valence-electron chi connectivity index (χ1n) is 8.62. The zero-order valence-electron chi connectivity index (χ0n) is 14.2. The van der Waals surface area contributed by atoms with Gasteiger partial charge in [0.25, 0.3) is 0 Å². The van der Waals surface area contributed by atoms with Crippen LogP contribution in [0.15, 0.2) is 48.5 Å². The van der Waals surface area contributed by atoms with Gasteiger partial charge >= 0.3 is 0 Å². The number of amides is 1. The average molecular weight is 335 g/mol. The average Bonchev–Trinajstić information content (AvgIpc) is 3.19. The van der Waals surface area contributed by atoms with E-state index in [0.717, 1.165) is 29.0 Å². The molecule has 1 N–H and O–H groups in total. The van der Waals surface area contributed by atoms with Gasteiger partial charge in [-0.2, -0.15) is 0 Å². The second kappa shape index (κ2) is 6.59. The van der Waals surface area contributed by atoms with Gasteiger partial charge in [0.15, 0.2) is 0 Å². The summed E-state index contributed by atoms with van der Waals surface area (Å²) < 4.78 is 7.90. The third kappa shape index (κ3) is 3.22. The maximum absolute atomic E-state index is 12.2. The molecule has 5 heteroatoms. The topological polar surface area (TPSA) is 56.2 Å². The Bertz CT molecular complexity index is 891. The van der Waals surface area contributed by atoms with Crippen LogP contribution in [0.3, 0.4) is 0 Å². The number of ether oxygens (including phenoxy) is 1. The van der Waals surface area contributed by atoms with E-state index in [1.54, 1.807) is 0 Å². The minimum Gasteiger partial charge on any atom is -0.488 e. The first-order valence-corrected chi connectivity index (χ1v) is 8.62. The second-order valence-corrected chi connectivity index (χ2v) is 6.43. The van der Waals surface area contributed by atoms with E-state index in [1.165, 1.54) is 5.56 Å². The van der Waals surface area contributed by atoms with E-state index < -0.39 is 0 Å². The van der Waals surface area contributed by atoms with Crippen molar-refractivity contribution in [2.75, 3.05) is 6.54 Å². The number of aryl methyl sites for hydroxylation is 2. The number of carbonyl (C=O) groups is 1. The van der Waals surface area contributed by atoms with Gasteiger partial charge in [0.1, 0.15) is 17.7 Å². The Morgan fingerprint density at radius 3 is 2.88 bits per heavy atom. The Morgan fingerprint density at radius 1 is 1.24 bits per heavy atom. The molecule has 3 aromatic rings. The van der Waals surface area contributed by atoms with Crippen molar-refractivity contribution in [2.45, 2.75) is 25.4 Å². The van der Waals surface area contributed by atoms with Crippen LogP contribution in [0.1, 0.15) is 17.8 Å². The first-order chi connectivity index (χ1) is 12.2. The van der Waals surface area contributed by atoms with E-state index in [1.807, 2.05) is 49.5 Å². The molecule has 25 heavy (non-hydrogen) atoms. The van der Waals surface area contributed by atoms with Gasteiger partial charge in [0, 0.05) is 26.3 Å². The highest BCUT2D eigenvalue weighted by Gasteiger charge is 2.22. The maximum Gasteiger partial charge on any atom is 0.220 e. The summed E-state index contributed by atoms with van der Waals surface area (Å²) in [5, 5.41) is 2.98. The van der Waals surface area contributed by atoms with Crippen molar-refractivity contribution in [3.63, 3.8) is 0 Å². The van der Waals surface area contributed by atoms with Crippen molar-refractivity contribution < 1.29 is 9.53 Å². The molecule has 0 radical (unpaired) electrons. The molecule has 0 spiro atoms. The van der Waals surface area contributed by atoms with Crippen molar-refractivity contribution in [1.29, 1.82) is 0 Å². The zero-order valence-corrected chi connectivity index (χ0v) is 14.2. The molecule has 0 bridgehead atoms. The van der Waals surface area contributed by atoms with Crippen LogP contribution in [-0.4, -0.2) is 28.1 Å². The number of nitrogens with one attached hydrogen (secondary N) is 1. The third-order valence-electron chi connectivity index (χ3n) is 4.70. The lowest BCUT2D eigenvalue weighted by Crippen LogP contribution is -2.34. The molecule has 2 heterocycles. The Kier molecular flexibility index (Phi) is 4.14. The lowest BCUT2D eigenvalue weighted by Gasteiger charge is -2.12. The largest absolute Gasteiger partial charge is 0.488 e.